The van der Waals surface area contributed by atoms with Crippen LogP contribution in [0.4, 0.5) is 0 Å². The maximum absolute atomic E-state index is 10.8. The highest BCUT2D eigenvalue weighted by Crippen LogP contribution is 2.07. The number of aliphatic carboxylic acids is 1. The van der Waals surface area contributed by atoms with Crippen molar-refractivity contribution in [1.82, 2.24) is 10.2 Å². The van der Waals surface area contributed by atoms with Crippen LogP contribution in [0.2, 0.25) is 0 Å². The average Bonchev–Trinajstić information content (AvgIpc) is 2.62. The van der Waals surface area contributed by atoms with Gasteiger partial charge in [-0.3, -0.25) is 4.79 Å². The van der Waals surface area contributed by atoms with Crippen LogP contribution in [0, 0.1) is 0 Å². The van der Waals surface area contributed by atoms with E-state index in [1.807, 2.05) is 6.07 Å². The van der Waals surface area contributed by atoms with Crippen LogP contribution in [0.15, 0.2) is 30.3 Å². The number of nitrogens with zero attached hydrogens (tertiary/aromatic N) is 1. The van der Waals surface area contributed by atoms with Crippen LogP contribution in [-0.2, 0) is 11.2 Å². The van der Waals surface area contributed by atoms with Crippen LogP contribution < -0.4 is 5.32 Å². The fourth-order valence-electron chi connectivity index (χ4n) is 2.56. The van der Waals surface area contributed by atoms with E-state index in [0.717, 1.165) is 39.0 Å². The summed E-state index contributed by atoms with van der Waals surface area (Å²) in [5.41, 5.74) is 1.34. The van der Waals surface area contributed by atoms with Gasteiger partial charge in [0.15, 0.2) is 0 Å². The molecule has 104 valence electrons. The first-order chi connectivity index (χ1) is 9.24. The summed E-state index contributed by atoms with van der Waals surface area (Å²) in [6, 6.07) is 10.5. The lowest BCUT2D eigenvalue weighted by Gasteiger charge is -2.23. The van der Waals surface area contributed by atoms with Gasteiger partial charge in [0.1, 0.15) is 0 Å². The largest absolute Gasteiger partial charge is 0.481 e. The number of carboxylic acids is 1. The van der Waals surface area contributed by atoms with Crippen molar-refractivity contribution in [2.24, 2.45) is 0 Å². The van der Waals surface area contributed by atoms with Crippen molar-refractivity contribution in [1.29, 1.82) is 0 Å². The number of hydrogen-bond donors (Lipinski definition) is 2. The number of benzene rings is 1. The molecule has 0 aromatic heterocycles. The molecular formula is C15H22N2O2. The van der Waals surface area contributed by atoms with Crippen LogP contribution >= 0.6 is 0 Å². The van der Waals surface area contributed by atoms with Gasteiger partial charge in [0.2, 0.25) is 0 Å². The Balaban J connectivity index is 1.83. The highest BCUT2D eigenvalue weighted by Gasteiger charge is 2.19. The molecule has 0 spiro atoms. The van der Waals surface area contributed by atoms with Crippen molar-refractivity contribution in [3.8, 4) is 0 Å². The predicted molar refractivity (Wildman–Crippen MR) is 75.2 cm³/mol. The summed E-state index contributed by atoms with van der Waals surface area (Å²) in [4.78, 5) is 13.2. The van der Waals surface area contributed by atoms with E-state index in [9.17, 15) is 4.79 Å². The minimum atomic E-state index is -0.720. The minimum Gasteiger partial charge on any atom is -0.481 e. The molecule has 1 fully saturated rings. The van der Waals surface area contributed by atoms with Crippen molar-refractivity contribution < 1.29 is 9.90 Å². The Morgan fingerprint density at radius 3 is 2.89 bits per heavy atom. The summed E-state index contributed by atoms with van der Waals surface area (Å²) < 4.78 is 0. The molecule has 1 heterocycles. The Morgan fingerprint density at radius 1 is 1.37 bits per heavy atom. The fourth-order valence-corrected chi connectivity index (χ4v) is 2.56. The smallest absolute Gasteiger partial charge is 0.304 e. The molecule has 1 aromatic rings. The van der Waals surface area contributed by atoms with Gasteiger partial charge in [-0.25, -0.2) is 0 Å². The fraction of sp³-hybridized carbons (Fsp3) is 0.533. The number of carbonyl (C=O) groups is 1. The summed E-state index contributed by atoms with van der Waals surface area (Å²) in [6.07, 6.45) is 2.33. The average molecular weight is 262 g/mol. The van der Waals surface area contributed by atoms with Gasteiger partial charge in [-0.15, -0.1) is 0 Å². The Labute approximate surface area is 114 Å². The minimum absolute atomic E-state index is 0.0794. The molecule has 1 aliphatic rings. The first-order valence-electron chi connectivity index (χ1n) is 6.95. The normalized spacial score (nSPS) is 20.9. The molecule has 2 N–H and O–H groups in total. The van der Waals surface area contributed by atoms with Gasteiger partial charge >= 0.3 is 5.97 Å². The third-order valence-corrected chi connectivity index (χ3v) is 3.54. The number of nitrogens with one attached hydrogen (secondary N) is 1. The van der Waals surface area contributed by atoms with Crippen LogP contribution in [0.3, 0.4) is 0 Å². The Hall–Kier alpha value is -1.39. The summed E-state index contributed by atoms with van der Waals surface area (Å²) in [6.45, 7) is 3.80. The van der Waals surface area contributed by atoms with Crippen LogP contribution in [-0.4, -0.2) is 48.2 Å². The molecule has 1 atom stereocenters. The molecule has 19 heavy (non-hydrogen) atoms. The molecule has 1 aliphatic heterocycles. The second-order valence-electron chi connectivity index (χ2n) is 5.14. The molecule has 0 amide bonds. The van der Waals surface area contributed by atoms with Gasteiger partial charge < -0.3 is 15.3 Å². The van der Waals surface area contributed by atoms with E-state index >= 15 is 0 Å². The molecule has 0 saturated carbocycles. The molecule has 0 radical (unpaired) electrons. The standard InChI is InChI=1S/C15H22N2O2/c18-15(19)11-14-12-17(9-4-8-16-14)10-7-13-5-2-1-3-6-13/h1-3,5-6,14,16H,4,7-12H2,(H,18,19). The second-order valence-corrected chi connectivity index (χ2v) is 5.14. The lowest BCUT2D eigenvalue weighted by molar-refractivity contribution is -0.137. The van der Waals surface area contributed by atoms with Crippen LogP contribution in [0.5, 0.6) is 0 Å². The van der Waals surface area contributed by atoms with Gasteiger partial charge in [0, 0.05) is 19.1 Å². The molecule has 0 aliphatic carbocycles. The predicted octanol–water partition coefficient (Wildman–Crippen LogP) is 1.37. The topological polar surface area (TPSA) is 52.6 Å². The van der Waals surface area contributed by atoms with Crippen LogP contribution in [0.25, 0.3) is 0 Å². The van der Waals surface area contributed by atoms with Gasteiger partial charge in [-0.2, -0.15) is 0 Å². The number of hydrogen-bond acceptors (Lipinski definition) is 3. The molecule has 2 rings (SSSR count). The van der Waals surface area contributed by atoms with Crippen LogP contribution in [0.1, 0.15) is 18.4 Å². The summed E-state index contributed by atoms with van der Waals surface area (Å²) >= 11 is 0. The summed E-state index contributed by atoms with van der Waals surface area (Å²) in [7, 11) is 0. The summed E-state index contributed by atoms with van der Waals surface area (Å²) in [5, 5.41) is 12.2. The zero-order chi connectivity index (χ0) is 13.5. The number of rotatable bonds is 5. The van der Waals surface area contributed by atoms with Gasteiger partial charge in [0.25, 0.3) is 0 Å². The first kappa shape index (κ1) is 14.0. The monoisotopic (exact) mass is 262 g/mol. The highest BCUT2D eigenvalue weighted by molar-refractivity contribution is 5.67. The van der Waals surface area contributed by atoms with E-state index < -0.39 is 5.97 Å². The third kappa shape index (κ3) is 5.01. The van der Waals surface area contributed by atoms with E-state index in [1.54, 1.807) is 0 Å². The molecular weight excluding hydrogens is 240 g/mol. The molecule has 1 aromatic carbocycles. The van der Waals surface area contributed by atoms with Crippen molar-refractivity contribution in [3.63, 3.8) is 0 Å². The lowest BCUT2D eigenvalue weighted by atomic mass is 10.1. The number of carboxylic acid groups (broad SMARTS) is 1. The maximum atomic E-state index is 10.8. The Kier molecular flexibility index (Phi) is 5.36. The van der Waals surface area contributed by atoms with E-state index in [2.05, 4.69) is 34.5 Å². The van der Waals surface area contributed by atoms with E-state index in [0.29, 0.717) is 0 Å². The van der Waals surface area contributed by atoms with Crippen molar-refractivity contribution in [2.45, 2.75) is 25.3 Å². The van der Waals surface area contributed by atoms with E-state index in [4.69, 9.17) is 5.11 Å². The Bertz CT molecular complexity index is 394. The summed E-state index contributed by atoms with van der Waals surface area (Å²) in [5.74, 6) is -0.720. The molecule has 1 saturated heterocycles. The SMILES string of the molecule is O=C(O)CC1CN(CCc2ccccc2)CCCN1. The third-order valence-electron chi connectivity index (χ3n) is 3.54. The van der Waals surface area contributed by atoms with Crippen molar-refractivity contribution >= 4 is 5.97 Å². The van der Waals surface area contributed by atoms with E-state index in [-0.39, 0.29) is 12.5 Å². The van der Waals surface area contributed by atoms with Gasteiger partial charge in [-0.1, -0.05) is 30.3 Å². The first-order valence-corrected chi connectivity index (χ1v) is 6.95. The van der Waals surface area contributed by atoms with Crippen molar-refractivity contribution in [3.05, 3.63) is 35.9 Å². The molecule has 1 unspecified atom stereocenters. The van der Waals surface area contributed by atoms with Gasteiger partial charge in [-0.05, 0) is 31.5 Å². The quantitative estimate of drug-likeness (QED) is 0.841. The highest BCUT2D eigenvalue weighted by atomic mass is 16.4. The molecule has 4 nitrogen and oxygen atoms in total. The van der Waals surface area contributed by atoms with E-state index in [1.165, 1.54) is 5.56 Å². The van der Waals surface area contributed by atoms with Gasteiger partial charge in [0.05, 0.1) is 6.42 Å². The molecule has 0 bridgehead atoms. The zero-order valence-electron chi connectivity index (χ0n) is 11.2. The molecule has 4 heteroatoms. The Morgan fingerprint density at radius 2 is 2.16 bits per heavy atom. The maximum Gasteiger partial charge on any atom is 0.304 e. The zero-order valence-corrected chi connectivity index (χ0v) is 11.2. The van der Waals surface area contributed by atoms with Crippen molar-refractivity contribution in [2.75, 3.05) is 26.2 Å². The lowest BCUT2D eigenvalue weighted by Crippen LogP contribution is -2.39. The second kappa shape index (κ2) is 7.26.